The lowest BCUT2D eigenvalue weighted by atomic mass is 9.98. The molecule has 0 saturated heterocycles. The summed E-state index contributed by atoms with van der Waals surface area (Å²) in [5.41, 5.74) is 15.8. The predicted octanol–water partition coefficient (Wildman–Crippen LogP) is -2.45. The van der Waals surface area contributed by atoms with Crippen molar-refractivity contribution in [3.63, 3.8) is 0 Å². The zero-order chi connectivity index (χ0) is 20.4. The highest BCUT2D eigenvalue weighted by Crippen LogP contribution is 2.07. The van der Waals surface area contributed by atoms with Gasteiger partial charge in [-0.05, 0) is 12.3 Å². The first-order valence-corrected chi connectivity index (χ1v) is 8.15. The number of amides is 4. The lowest BCUT2D eigenvalue weighted by molar-refractivity contribution is -0.143. The van der Waals surface area contributed by atoms with Crippen LogP contribution in [0.1, 0.15) is 39.5 Å². The highest BCUT2D eigenvalue weighted by Gasteiger charge is 2.29. The number of nitrogens with one attached hydrogen (secondary N) is 2. The number of carbonyl (C=O) groups is 5. The number of hydrogen-bond donors (Lipinski definition) is 6. The number of hydrogen-bond acceptors (Lipinski definition) is 6. The molecule has 0 heterocycles. The van der Waals surface area contributed by atoms with Crippen LogP contribution >= 0.6 is 0 Å². The second-order valence-electron chi connectivity index (χ2n) is 6.05. The predicted molar refractivity (Wildman–Crippen MR) is 91.2 cm³/mol. The molecule has 148 valence electrons. The SMILES string of the molecule is CCC(C)C(N)C(=O)NC(CCC(N)=O)C(=O)NC(CC(N)=O)C(=O)O. The fraction of sp³-hybridized carbons (Fsp3) is 0.667. The molecule has 0 aliphatic rings. The van der Waals surface area contributed by atoms with E-state index in [1.165, 1.54) is 0 Å². The van der Waals surface area contributed by atoms with E-state index < -0.39 is 54.1 Å². The Balaban J connectivity index is 5.17. The van der Waals surface area contributed by atoms with Crippen LogP contribution in [-0.2, 0) is 24.0 Å². The lowest BCUT2D eigenvalue weighted by Crippen LogP contribution is -2.56. The molecule has 0 saturated carbocycles. The van der Waals surface area contributed by atoms with E-state index in [-0.39, 0.29) is 18.8 Å². The number of carbonyl (C=O) groups excluding carboxylic acids is 4. The van der Waals surface area contributed by atoms with Gasteiger partial charge in [0.15, 0.2) is 0 Å². The number of rotatable bonds is 12. The van der Waals surface area contributed by atoms with Crippen molar-refractivity contribution >= 4 is 29.6 Å². The van der Waals surface area contributed by atoms with Crippen molar-refractivity contribution in [2.45, 2.75) is 57.7 Å². The van der Waals surface area contributed by atoms with Crippen LogP contribution in [-0.4, -0.2) is 52.8 Å². The van der Waals surface area contributed by atoms with Gasteiger partial charge >= 0.3 is 5.97 Å². The first-order valence-electron chi connectivity index (χ1n) is 8.15. The molecule has 0 radical (unpaired) electrons. The van der Waals surface area contributed by atoms with Crippen LogP contribution < -0.4 is 27.8 Å². The van der Waals surface area contributed by atoms with Crippen molar-refractivity contribution in [2.24, 2.45) is 23.1 Å². The molecule has 11 heteroatoms. The van der Waals surface area contributed by atoms with Crippen molar-refractivity contribution in [1.29, 1.82) is 0 Å². The third-order valence-electron chi connectivity index (χ3n) is 3.89. The molecular formula is C15H27N5O6. The van der Waals surface area contributed by atoms with Gasteiger partial charge in [-0.25, -0.2) is 4.79 Å². The van der Waals surface area contributed by atoms with Crippen molar-refractivity contribution in [2.75, 3.05) is 0 Å². The Morgan fingerprint density at radius 1 is 0.962 bits per heavy atom. The second-order valence-corrected chi connectivity index (χ2v) is 6.05. The van der Waals surface area contributed by atoms with E-state index in [2.05, 4.69) is 10.6 Å². The van der Waals surface area contributed by atoms with Crippen LogP contribution in [0.3, 0.4) is 0 Å². The van der Waals surface area contributed by atoms with Gasteiger partial charge in [0.25, 0.3) is 0 Å². The maximum atomic E-state index is 12.3. The maximum absolute atomic E-state index is 12.3. The number of nitrogens with two attached hydrogens (primary N) is 3. The van der Waals surface area contributed by atoms with E-state index in [1.807, 2.05) is 6.92 Å². The van der Waals surface area contributed by atoms with Crippen LogP contribution in [0.2, 0.25) is 0 Å². The quantitative estimate of drug-likeness (QED) is 0.217. The summed E-state index contributed by atoms with van der Waals surface area (Å²) in [4.78, 5) is 57.5. The topological polar surface area (TPSA) is 208 Å². The molecule has 26 heavy (non-hydrogen) atoms. The van der Waals surface area contributed by atoms with Gasteiger partial charge in [-0.1, -0.05) is 20.3 Å². The smallest absolute Gasteiger partial charge is 0.326 e. The number of carboxylic acid groups (broad SMARTS) is 1. The van der Waals surface area contributed by atoms with Crippen molar-refractivity contribution in [3.8, 4) is 0 Å². The molecule has 4 atom stereocenters. The molecule has 0 spiro atoms. The molecule has 9 N–H and O–H groups in total. The number of aliphatic carboxylic acids is 1. The molecule has 4 unspecified atom stereocenters. The largest absolute Gasteiger partial charge is 0.480 e. The molecule has 4 amide bonds. The van der Waals surface area contributed by atoms with Gasteiger partial charge in [0.2, 0.25) is 23.6 Å². The van der Waals surface area contributed by atoms with Crippen molar-refractivity contribution in [1.82, 2.24) is 10.6 Å². The molecule has 11 nitrogen and oxygen atoms in total. The highest BCUT2D eigenvalue weighted by atomic mass is 16.4. The average Bonchev–Trinajstić information content (AvgIpc) is 2.55. The molecule has 0 bridgehead atoms. The standard InChI is InChI=1S/C15H27N5O6/c1-3-7(2)12(18)14(24)19-8(4-5-10(16)21)13(23)20-9(15(25)26)6-11(17)22/h7-9,12H,3-6,18H2,1-2H3,(H2,16,21)(H2,17,22)(H,19,24)(H,20,23)(H,25,26). The Kier molecular flexibility index (Phi) is 9.89. The van der Waals surface area contributed by atoms with E-state index in [0.29, 0.717) is 6.42 Å². The summed E-state index contributed by atoms with van der Waals surface area (Å²) in [5, 5.41) is 13.5. The summed E-state index contributed by atoms with van der Waals surface area (Å²) >= 11 is 0. The van der Waals surface area contributed by atoms with Gasteiger partial charge in [0.05, 0.1) is 12.5 Å². The van der Waals surface area contributed by atoms with E-state index >= 15 is 0 Å². The maximum Gasteiger partial charge on any atom is 0.326 e. The first-order chi connectivity index (χ1) is 12.0. The van der Waals surface area contributed by atoms with Gasteiger partial charge < -0.3 is 32.9 Å². The van der Waals surface area contributed by atoms with Gasteiger partial charge in [-0.2, -0.15) is 0 Å². The fourth-order valence-corrected chi connectivity index (χ4v) is 2.01. The first kappa shape index (κ1) is 23.3. The molecule has 0 aromatic rings. The summed E-state index contributed by atoms with van der Waals surface area (Å²) < 4.78 is 0. The highest BCUT2D eigenvalue weighted by molar-refractivity contribution is 5.93. The third-order valence-corrected chi connectivity index (χ3v) is 3.89. The van der Waals surface area contributed by atoms with Gasteiger partial charge in [-0.3, -0.25) is 19.2 Å². The number of primary amides is 2. The summed E-state index contributed by atoms with van der Waals surface area (Å²) in [7, 11) is 0. The Labute approximate surface area is 151 Å². The Bertz CT molecular complexity index is 553. The van der Waals surface area contributed by atoms with Crippen LogP contribution in [0.15, 0.2) is 0 Å². The van der Waals surface area contributed by atoms with Gasteiger partial charge in [0.1, 0.15) is 12.1 Å². The lowest BCUT2D eigenvalue weighted by Gasteiger charge is -2.24. The molecular weight excluding hydrogens is 346 g/mol. The molecule has 0 fully saturated rings. The molecule has 0 aromatic carbocycles. The molecule has 0 rings (SSSR count). The van der Waals surface area contributed by atoms with Crippen LogP contribution in [0.5, 0.6) is 0 Å². The number of carboxylic acids is 1. The van der Waals surface area contributed by atoms with E-state index in [4.69, 9.17) is 22.3 Å². The van der Waals surface area contributed by atoms with Crippen LogP contribution in [0, 0.1) is 5.92 Å². The van der Waals surface area contributed by atoms with Gasteiger partial charge in [0, 0.05) is 6.42 Å². The molecule has 0 aliphatic heterocycles. The Morgan fingerprint density at radius 3 is 1.92 bits per heavy atom. The molecule has 0 aromatic heterocycles. The van der Waals surface area contributed by atoms with Crippen molar-refractivity contribution < 1.29 is 29.1 Å². The summed E-state index contributed by atoms with van der Waals surface area (Å²) in [6.45, 7) is 3.60. The fourth-order valence-electron chi connectivity index (χ4n) is 2.01. The monoisotopic (exact) mass is 373 g/mol. The van der Waals surface area contributed by atoms with E-state index in [9.17, 15) is 24.0 Å². The molecule has 0 aliphatic carbocycles. The van der Waals surface area contributed by atoms with Crippen molar-refractivity contribution in [3.05, 3.63) is 0 Å². The third kappa shape index (κ3) is 8.42. The minimum absolute atomic E-state index is 0.150. The second kappa shape index (κ2) is 11.0. The Morgan fingerprint density at radius 2 is 1.50 bits per heavy atom. The normalized spacial score (nSPS) is 15.2. The minimum atomic E-state index is -1.56. The zero-order valence-corrected chi connectivity index (χ0v) is 14.9. The average molecular weight is 373 g/mol. The summed E-state index contributed by atoms with van der Waals surface area (Å²) in [6.07, 6.45) is -0.357. The van der Waals surface area contributed by atoms with Crippen LogP contribution in [0.4, 0.5) is 0 Å². The minimum Gasteiger partial charge on any atom is -0.480 e. The van der Waals surface area contributed by atoms with E-state index in [0.717, 1.165) is 0 Å². The zero-order valence-electron chi connectivity index (χ0n) is 14.9. The van der Waals surface area contributed by atoms with E-state index in [1.54, 1.807) is 6.92 Å². The summed E-state index contributed by atoms with van der Waals surface area (Å²) in [6, 6.07) is -3.68. The summed E-state index contributed by atoms with van der Waals surface area (Å²) in [5.74, 6) is -4.75. The van der Waals surface area contributed by atoms with Crippen LogP contribution in [0.25, 0.3) is 0 Å². The Hall–Kier alpha value is -2.69. The van der Waals surface area contributed by atoms with Gasteiger partial charge in [-0.15, -0.1) is 0 Å².